The number of hydrogen-bond donors (Lipinski definition) is 3. The molecule has 2 atom stereocenters. The molecule has 2 unspecified atom stereocenters. The molecule has 0 spiro atoms. The normalized spacial score (nSPS) is 28.0. The van der Waals surface area contributed by atoms with E-state index >= 15 is 0 Å². The zero-order valence-electron chi connectivity index (χ0n) is 32.9. The van der Waals surface area contributed by atoms with Crippen molar-refractivity contribution in [2.24, 2.45) is 0 Å². The first-order valence-electron chi connectivity index (χ1n) is 20.5. The van der Waals surface area contributed by atoms with Crippen molar-refractivity contribution < 1.29 is 28.6 Å². The standard InChI is InChI=1S/C25H26BrF2N3O2.C19H24BrN3O2/c1-25(33)11-9-16(10-12-25)31-21-8-5-15(26)13-20(21)29-24(31)22-3-2-4-23(32)30(22)17-6-7-18(27)19(28)14-17;1-19(25)9-7-13(8-10-19)23-16-6-5-12(20)11-15(16)22-18(23)14-3-2-4-17(24)21-14/h5-8,13-14,16,22,33H,2-4,9-12H2,1H3;5-6,11,13-14,25H,2-4,7-10H2,1H3,(H,21,24). The second-order valence-corrected chi connectivity index (χ2v) is 19.0. The van der Waals surface area contributed by atoms with Crippen LogP contribution in [0.5, 0.6) is 0 Å². The Bertz CT molecular complexity index is 2340. The highest BCUT2D eigenvalue weighted by Crippen LogP contribution is 2.43. The number of anilines is 1. The molecular formula is C44H50Br2F2N6O4. The Kier molecular flexibility index (Phi) is 11.6. The molecule has 308 valence electrons. The molecule has 14 heteroatoms. The number of benzene rings is 3. The quantitative estimate of drug-likeness (QED) is 0.161. The predicted octanol–water partition coefficient (Wildman–Crippen LogP) is 10.2. The van der Waals surface area contributed by atoms with E-state index in [2.05, 4.69) is 52.4 Å². The monoisotopic (exact) mass is 922 g/mol. The van der Waals surface area contributed by atoms with Crippen molar-refractivity contribution in [2.75, 3.05) is 4.90 Å². The zero-order valence-corrected chi connectivity index (χ0v) is 36.0. The van der Waals surface area contributed by atoms with Gasteiger partial charge in [-0.15, -0.1) is 0 Å². The summed E-state index contributed by atoms with van der Waals surface area (Å²) in [4.78, 5) is 36.4. The molecule has 9 rings (SSSR count). The number of hydrogen-bond acceptors (Lipinski definition) is 6. The van der Waals surface area contributed by atoms with Crippen LogP contribution in [0.25, 0.3) is 22.1 Å². The smallest absolute Gasteiger partial charge is 0.227 e. The zero-order chi connectivity index (χ0) is 40.9. The van der Waals surface area contributed by atoms with E-state index in [1.807, 2.05) is 44.2 Å². The van der Waals surface area contributed by atoms with E-state index in [1.54, 1.807) is 4.90 Å². The molecule has 0 bridgehead atoms. The van der Waals surface area contributed by atoms with Crippen LogP contribution in [0.3, 0.4) is 0 Å². The number of nitrogens with one attached hydrogen (secondary N) is 1. The van der Waals surface area contributed by atoms with Crippen molar-refractivity contribution in [3.05, 3.63) is 86.8 Å². The lowest BCUT2D eigenvalue weighted by Gasteiger charge is -2.38. The van der Waals surface area contributed by atoms with Crippen LogP contribution in [0, 0.1) is 11.6 Å². The van der Waals surface area contributed by atoms with Crippen LogP contribution < -0.4 is 10.2 Å². The molecule has 10 nitrogen and oxygen atoms in total. The Morgan fingerprint density at radius 2 is 1.22 bits per heavy atom. The third-order valence-corrected chi connectivity index (χ3v) is 13.6. The fraction of sp³-hybridized carbons (Fsp3) is 0.500. The number of aliphatic hydroxyl groups is 2. The van der Waals surface area contributed by atoms with Crippen molar-refractivity contribution in [3.63, 3.8) is 0 Å². The highest BCUT2D eigenvalue weighted by atomic mass is 79.9. The molecule has 2 saturated heterocycles. The highest BCUT2D eigenvalue weighted by Gasteiger charge is 2.38. The summed E-state index contributed by atoms with van der Waals surface area (Å²) in [5.41, 5.74) is 2.98. The van der Waals surface area contributed by atoms with Crippen molar-refractivity contribution in [1.82, 2.24) is 24.4 Å². The summed E-state index contributed by atoms with van der Waals surface area (Å²) in [6.07, 6.45) is 10.6. The van der Waals surface area contributed by atoms with Gasteiger partial charge in [-0.25, -0.2) is 18.7 Å². The van der Waals surface area contributed by atoms with Gasteiger partial charge in [0.2, 0.25) is 11.8 Å². The average Bonchev–Trinajstić information content (AvgIpc) is 3.74. The summed E-state index contributed by atoms with van der Waals surface area (Å²) in [6.45, 7) is 3.80. The minimum atomic E-state index is -0.975. The van der Waals surface area contributed by atoms with Gasteiger partial charge in [0.25, 0.3) is 0 Å². The van der Waals surface area contributed by atoms with Crippen LogP contribution in [0.2, 0.25) is 0 Å². The number of halogens is 4. The van der Waals surface area contributed by atoms with E-state index in [1.165, 1.54) is 6.07 Å². The lowest BCUT2D eigenvalue weighted by molar-refractivity contribution is -0.123. The molecule has 2 saturated carbocycles. The third kappa shape index (κ3) is 8.49. The summed E-state index contributed by atoms with van der Waals surface area (Å²) in [6, 6.07) is 15.8. The Morgan fingerprint density at radius 3 is 1.78 bits per heavy atom. The fourth-order valence-corrected chi connectivity index (χ4v) is 10.2. The van der Waals surface area contributed by atoms with E-state index in [4.69, 9.17) is 9.97 Å². The molecule has 2 aromatic heterocycles. The van der Waals surface area contributed by atoms with Crippen molar-refractivity contribution in [2.45, 2.75) is 139 Å². The molecule has 0 radical (unpaired) electrons. The maximum Gasteiger partial charge on any atom is 0.227 e. The Labute approximate surface area is 353 Å². The highest BCUT2D eigenvalue weighted by molar-refractivity contribution is 9.10. The van der Waals surface area contributed by atoms with Gasteiger partial charge in [0.1, 0.15) is 11.6 Å². The SMILES string of the molecule is CC1(O)CCC(n2c(C3CCCC(=O)N3)nc3cc(Br)ccc32)CC1.CC1(O)CCC(n2c(C3CCCC(=O)N3c3ccc(F)c(F)c3)nc3cc(Br)ccc32)CC1. The number of carbonyl (C=O) groups excluding carboxylic acids is 2. The summed E-state index contributed by atoms with van der Waals surface area (Å²) in [5.74, 6) is -0.200. The first kappa shape index (κ1) is 41.0. The summed E-state index contributed by atoms with van der Waals surface area (Å²) in [5, 5.41) is 23.9. The van der Waals surface area contributed by atoms with Gasteiger partial charge in [-0.3, -0.25) is 9.59 Å². The molecule has 4 fully saturated rings. The van der Waals surface area contributed by atoms with Crippen LogP contribution in [-0.4, -0.2) is 52.3 Å². The van der Waals surface area contributed by atoms with Crippen LogP contribution in [0.1, 0.15) is 140 Å². The Balaban J connectivity index is 0.000000168. The van der Waals surface area contributed by atoms with Crippen LogP contribution in [0.4, 0.5) is 14.5 Å². The minimum Gasteiger partial charge on any atom is -0.390 e. The van der Waals surface area contributed by atoms with Crippen molar-refractivity contribution in [1.29, 1.82) is 0 Å². The molecule has 3 N–H and O–H groups in total. The first-order chi connectivity index (χ1) is 27.7. The second-order valence-electron chi connectivity index (χ2n) is 17.2. The molecular weight excluding hydrogens is 874 g/mol. The number of nitrogens with zero attached hydrogens (tertiary/aromatic N) is 5. The maximum atomic E-state index is 14.1. The number of piperidine rings is 2. The van der Waals surface area contributed by atoms with Crippen LogP contribution >= 0.6 is 31.9 Å². The van der Waals surface area contributed by atoms with Crippen molar-refractivity contribution >= 4 is 71.4 Å². The lowest BCUT2D eigenvalue weighted by Crippen LogP contribution is -2.40. The molecule has 2 amide bonds. The van der Waals surface area contributed by atoms with E-state index in [-0.39, 0.29) is 29.9 Å². The maximum absolute atomic E-state index is 14.1. The van der Waals surface area contributed by atoms with E-state index in [0.717, 1.165) is 106 Å². The van der Waals surface area contributed by atoms with Gasteiger partial charge in [-0.05, 0) is 139 Å². The number of carbonyl (C=O) groups is 2. The van der Waals surface area contributed by atoms with Gasteiger partial charge in [-0.1, -0.05) is 31.9 Å². The number of imidazole rings is 2. The molecule has 5 aromatic rings. The topological polar surface area (TPSA) is 126 Å². The average molecular weight is 925 g/mol. The predicted molar refractivity (Wildman–Crippen MR) is 226 cm³/mol. The van der Waals surface area contributed by atoms with Gasteiger partial charge in [0, 0.05) is 45.6 Å². The van der Waals surface area contributed by atoms with Crippen LogP contribution in [-0.2, 0) is 9.59 Å². The van der Waals surface area contributed by atoms with Gasteiger partial charge >= 0.3 is 0 Å². The molecule has 4 aliphatic rings. The lowest BCUT2D eigenvalue weighted by atomic mass is 9.83. The number of rotatable bonds is 5. The Hall–Kier alpha value is -3.72. The van der Waals surface area contributed by atoms with E-state index < -0.39 is 22.8 Å². The van der Waals surface area contributed by atoms with E-state index in [9.17, 15) is 28.6 Å². The van der Waals surface area contributed by atoms with Gasteiger partial charge in [0.15, 0.2) is 11.6 Å². The van der Waals surface area contributed by atoms with Gasteiger partial charge in [-0.2, -0.15) is 0 Å². The molecule has 3 aromatic carbocycles. The minimum absolute atomic E-state index is 0.0186. The molecule has 2 aliphatic carbocycles. The Morgan fingerprint density at radius 1 is 0.690 bits per heavy atom. The molecule has 2 aliphatic heterocycles. The molecule has 58 heavy (non-hydrogen) atoms. The summed E-state index contributed by atoms with van der Waals surface area (Å²) >= 11 is 7.05. The van der Waals surface area contributed by atoms with Gasteiger partial charge in [0.05, 0.1) is 45.4 Å². The van der Waals surface area contributed by atoms with Gasteiger partial charge < -0.3 is 29.6 Å². The van der Waals surface area contributed by atoms with Crippen molar-refractivity contribution in [3.8, 4) is 0 Å². The number of fused-ring (bicyclic) bond motifs is 2. The summed E-state index contributed by atoms with van der Waals surface area (Å²) in [7, 11) is 0. The molecule has 4 heterocycles. The van der Waals surface area contributed by atoms with E-state index in [0.29, 0.717) is 50.3 Å². The number of aromatic nitrogens is 4. The first-order valence-corrected chi connectivity index (χ1v) is 22.1. The largest absolute Gasteiger partial charge is 0.390 e. The van der Waals surface area contributed by atoms with Crippen LogP contribution in [0.15, 0.2) is 63.5 Å². The number of amides is 2. The second kappa shape index (κ2) is 16.4. The fourth-order valence-electron chi connectivity index (χ4n) is 9.47. The summed E-state index contributed by atoms with van der Waals surface area (Å²) < 4.78 is 34.2. The third-order valence-electron chi connectivity index (χ3n) is 12.6.